The monoisotopic (exact) mass is 263 g/mol. The van der Waals surface area contributed by atoms with Gasteiger partial charge in [-0.25, -0.2) is 4.98 Å². The second-order valence-corrected chi connectivity index (χ2v) is 4.31. The molecule has 1 heterocycles. The number of halogens is 1. The van der Waals surface area contributed by atoms with E-state index in [9.17, 15) is 5.11 Å². The van der Waals surface area contributed by atoms with Crippen LogP contribution in [0.4, 0.5) is 0 Å². The zero-order valence-corrected chi connectivity index (χ0v) is 10.8. The molecule has 2 rings (SSSR count). The lowest BCUT2D eigenvalue weighted by Crippen LogP contribution is -1.96. The lowest BCUT2D eigenvalue weighted by Gasteiger charge is -2.08. The van der Waals surface area contributed by atoms with Crippen molar-refractivity contribution in [1.82, 2.24) is 4.98 Å². The Kier molecular flexibility index (Phi) is 4.18. The van der Waals surface area contributed by atoms with Gasteiger partial charge in [-0.3, -0.25) is 0 Å². The largest absolute Gasteiger partial charge is 0.439 e. The summed E-state index contributed by atoms with van der Waals surface area (Å²) in [6.45, 7) is 1.99. The third-order valence-corrected chi connectivity index (χ3v) is 2.75. The molecule has 1 aromatic heterocycles. The Morgan fingerprint density at radius 2 is 1.94 bits per heavy atom. The molecule has 0 radical (unpaired) electrons. The number of rotatable bonds is 4. The van der Waals surface area contributed by atoms with Crippen LogP contribution in [0.15, 0.2) is 36.4 Å². The third-order valence-electron chi connectivity index (χ3n) is 2.50. The number of hydrogen-bond donors (Lipinski definition) is 1. The van der Waals surface area contributed by atoms with Crippen LogP contribution in [0.5, 0.6) is 11.6 Å². The lowest BCUT2D eigenvalue weighted by molar-refractivity contribution is 0.281. The molecule has 0 atom stereocenters. The minimum atomic E-state index is -0.0213. The van der Waals surface area contributed by atoms with E-state index in [2.05, 4.69) is 4.98 Å². The molecule has 0 aliphatic carbocycles. The fourth-order valence-corrected chi connectivity index (χ4v) is 1.69. The van der Waals surface area contributed by atoms with E-state index in [0.29, 0.717) is 16.7 Å². The van der Waals surface area contributed by atoms with Crippen molar-refractivity contribution >= 4 is 11.6 Å². The summed E-state index contributed by atoms with van der Waals surface area (Å²) >= 11 is 5.81. The zero-order chi connectivity index (χ0) is 13.0. The molecule has 0 spiro atoms. The first-order valence-electron chi connectivity index (χ1n) is 5.75. The molecule has 0 amide bonds. The van der Waals surface area contributed by atoms with Crippen molar-refractivity contribution in [3.8, 4) is 11.6 Å². The topological polar surface area (TPSA) is 42.4 Å². The number of aliphatic hydroxyl groups excluding tert-OH is 1. The van der Waals surface area contributed by atoms with Crippen LogP contribution in [0.25, 0.3) is 0 Å². The van der Waals surface area contributed by atoms with Gasteiger partial charge in [0.25, 0.3) is 0 Å². The third kappa shape index (κ3) is 3.22. The van der Waals surface area contributed by atoms with E-state index in [4.69, 9.17) is 16.3 Å². The Morgan fingerprint density at radius 3 is 2.56 bits per heavy atom. The smallest absolute Gasteiger partial charge is 0.219 e. The minimum Gasteiger partial charge on any atom is -0.439 e. The van der Waals surface area contributed by atoms with Crippen molar-refractivity contribution in [2.24, 2.45) is 0 Å². The molecule has 18 heavy (non-hydrogen) atoms. The van der Waals surface area contributed by atoms with Crippen LogP contribution in [0.1, 0.15) is 18.2 Å². The van der Waals surface area contributed by atoms with Crippen molar-refractivity contribution in [2.45, 2.75) is 20.0 Å². The van der Waals surface area contributed by atoms with E-state index < -0.39 is 0 Å². The van der Waals surface area contributed by atoms with Crippen LogP contribution in [0.3, 0.4) is 0 Å². The van der Waals surface area contributed by atoms with E-state index >= 15 is 0 Å². The van der Waals surface area contributed by atoms with Gasteiger partial charge >= 0.3 is 0 Å². The Labute approximate surface area is 111 Å². The van der Waals surface area contributed by atoms with Crippen LogP contribution < -0.4 is 4.74 Å². The van der Waals surface area contributed by atoms with Gasteiger partial charge in [0, 0.05) is 16.8 Å². The molecule has 0 aliphatic heterocycles. The maximum Gasteiger partial charge on any atom is 0.219 e. The molecule has 0 fully saturated rings. The molecule has 1 aromatic carbocycles. The number of aliphatic hydroxyl groups is 1. The summed E-state index contributed by atoms with van der Waals surface area (Å²) in [6, 6.07) is 10.7. The van der Waals surface area contributed by atoms with E-state index in [1.807, 2.05) is 13.0 Å². The van der Waals surface area contributed by atoms with Crippen LogP contribution in [0.2, 0.25) is 5.02 Å². The van der Waals surface area contributed by atoms with Gasteiger partial charge in [0.2, 0.25) is 5.88 Å². The highest BCUT2D eigenvalue weighted by Gasteiger charge is 2.04. The lowest BCUT2D eigenvalue weighted by atomic mass is 10.2. The number of hydrogen-bond acceptors (Lipinski definition) is 3. The number of pyridine rings is 1. The molecule has 4 heteroatoms. The van der Waals surface area contributed by atoms with Gasteiger partial charge in [-0.15, -0.1) is 0 Å². The molecule has 2 aromatic rings. The van der Waals surface area contributed by atoms with Gasteiger partial charge in [0.1, 0.15) is 5.75 Å². The van der Waals surface area contributed by atoms with Crippen LogP contribution in [-0.4, -0.2) is 10.1 Å². The molecule has 0 saturated carbocycles. The molecule has 94 valence electrons. The van der Waals surface area contributed by atoms with Crippen molar-refractivity contribution in [1.29, 1.82) is 0 Å². The predicted octanol–water partition coefficient (Wildman–Crippen LogP) is 3.58. The standard InChI is InChI=1S/C14H14ClNO2/c1-2-12-7-10(9-17)8-14(16-12)18-13-5-3-11(15)4-6-13/h3-8,17H,2,9H2,1H3. The number of nitrogens with zero attached hydrogens (tertiary/aromatic N) is 1. The molecular formula is C14H14ClNO2. The van der Waals surface area contributed by atoms with E-state index in [1.54, 1.807) is 30.3 Å². The van der Waals surface area contributed by atoms with Gasteiger partial charge in [0.05, 0.1) is 6.61 Å². The summed E-state index contributed by atoms with van der Waals surface area (Å²) in [5.74, 6) is 1.16. The average molecular weight is 264 g/mol. The highest BCUT2D eigenvalue weighted by Crippen LogP contribution is 2.23. The average Bonchev–Trinajstić information content (AvgIpc) is 2.41. The molecular weight excluding hydrogens is 250 g/mol. The first-order chi connectivity index (χ1) is 8.71. The van der Waals surface area contributed by atoms with Gasteiger partial charge in [-0.2, -0.15) is 0 Å². The molecule has 1 N–H and O–H groups in total. The highest BCUT2D eigenvalue weighted by atomic mass is 35.5. The maximum atomic E-state index is 9.18. The van der Waals surface area contributed by atoms with Gasteiger partial charge in [-0.05, 0) is 42.3 Å². The van der Waals surface area contributed by atoms with Gasteiger partial charge < -0.3 is 9.84 Å². The molecule has 0 saturated heterocycles. The summed E-state index contributed by atoms with van der Waals surface area (Å²) in [5, 5.41) is 9.84. The fourth-order valence-electron chi connectivity index (χ4n) is 1.57. The highest BCUT2D eigenvalue weighted by molar-refractivity contribution is 6.30. The summed E-state index contributed by atoms with van der Waals surface area (Å²) in [4.78, 5) is 4.35. The minimum absolute atomic E-state index is 0.0213. The second kappa shape index (κ2) is 5.85. The van der Waals surface area contributed by atoms with Gasteiger partial charge in [0.15, 0.2) is 0 Å². The van der Waals surface area contributed by atoms with E-state index in [-0.39, 0.29) is 6.61 Å². The molecule has 0 aliphatic rings. The van der Waals surface area contributed by atoms with E-state index in [0.717, 1.165) is 17.7 Å². The van der Waals surface area contributed by atoms with Crippen molar-refractivity contribution in [3.63, 3.8) is 0 Å². The van der Waals surface area contributed by atoms with Crippen LogP contribution >= 0.6 is 11.6 Å². The zero-order valence-electron chi connectivity index (χ0n) is 10.1. The van der Waals surface area contributed by atoms with Crippen molar-refractivity contribution in [2.75, 3.05) is 0 Å². The number of aryl methyl sites for hydroxylation is 1. The SMILES string of the molecule is CCc1cc(CO)cc(Oc2ccc(Cl)cc2)n1. The Morgan fingerprint density at radius 1 is 1.22 bits per heavy atom. The first-order valence-corrected chi connectivity index (χ1v) is 6.13. The number of ether oxygens (including phenoxy) is 1. The quantitative estimate of drug-likeness (QED) is 0.917. The van der Waals surface area contributed by atoms with E-state index in [1.165, 1.54) is 0 Å². The Bertz CT molecular complexity index is 504. The Balaban J connectivity index is 2.25. The first kappa shape index (κ1) is 12.9. The molecule has 0 unspecified atom stereocenters. The van der Waals surface area contributed by atoms with Crippen LogP contribution in [-0.2, 0) is 13.0 Å². The summed E-state index contributed by atoms with van der Waals surface area (Å²) in [6.07, 6.45) is 0.796. The predicted molar refractivity (Wildman–Crippen MR) is 71.1 cm³/mol. The number of benzene rings is 1. The Hall–Kier alpha value is -1.58. The van der Waals surface area contributed by atoms with Gasteiger partial charge in [-0.1, -0.05) is 18.5 Å². The maximum absolute atomic E-state index is 9.18. The van der Waals surface area contributed by atoms with Crippen LogP contribution in [0, 0.1) is 0 Å². The summed E-state index contributed by atoms with van der Waals surface area (Å²) < 4.78 is 5.64. The number of aromatic nitrogens is 1. The normalized spacial score (nSPS) is 10.4. The molecule has 0 bridgehead atoms. The van der Waals surface area contributed by atoms with Crippen molar-refractivity contribution in [3.05, 3.63) is 52.7 Å². The fraction of sp³-hybridized carbons (Fsp3) is 0.214. The van der Waals surface area contributed by atoms with Crippen molar-refractivity contribution < 1.29 is 9.84 Å². The summed E-state index contributed by atoms with van der Waals surface area (Å²) in [5.41, 5.74) is 1.69. The molecule has 3 nitrogen and oxygen atoms in total. The summed E-state index contributed by atoms with van der Waals surface area (Å²) in [7, 11) is 0. The second-order valence-electron chi connectivity index (χ2n) is 3.87.